The highest BCUT2D eigenvalue weighted by molar-refractivity contribution is 5.79. The molecule has 0 spiro atoms. The zero-order valence-corrected chi connectivity index (χ0v) is 9.39. The standard InChI is InChI=1S/C13H13NO3/c15-10-7-5-9(6-8-10)14-13(16)11-3-1-2-4-12(11)17-14/h1-4,9H,5-8H2. The van der Waals surface area contributed by atoms with E-state index in [1.165, 1.54) is 4.74 Å². The zero-order valence-electron chi connectivity index (χ0n) is 9.39. The Hall–Kier alpha value is -1.84. The molecule has 1 heterocycles. The van der Waals surface area contributed by atoms with Crippen LogP contribution in [0.4, 0.5) is 0 Å². The number of nitrogens with zero attached hydrogens (tertiary/aromatic N) is 1. The molecule has 0 saturated heterocycles. The van der Waals surface area contributed by atoms with Gasteiger partial charge in [0.05, 0.1) is 11.4 Å². The molecule has 1 aliphatic rings. The predicted molar refractivity (Wildman–Crippen MR) is 63.0 cm³/mol. The van der Waals surface area contributed by atoms with Gasteiger partial charge in [-0.3, -0.25) is 9.59 Å². The number of aromatic nitrogens is 1. The summed E-state index contributed by atoms with van der Waals surface area (Å²) >= 11 is 0. The fourth-order valence-electron chi connectivity index (χ4n) is 2.39. The molecule has 0 atom stereocenters. The van der Waals surface area contributed by atoms with Crippen LogP contribution in [0.15, 0.2) is 33.6 Å². The SMILES string of the molecule is O=C1CCC(n2oc3ccccc3c2=O)CC1. The second-order valence-corrected chi connectivity index (χ2v) is 4.49. The second kappa shape index (κ2) is 3.87. The van der Waals surface area contributed by atoms with Gasteiger partial charge in [0.2, 0.25) is 0 Å². The van der Waals surface area contributed by atoms with E-state index in [1.54, 1.807) is 12.1 Å². The summed E-state index contributed by atoms with van der Waals surface area (Å²) in [5, 5.41) is 0.615. The van der Waals surface area contributed by atoms with E-state index >= 15 is 0 Å². The Balaban J connectivity index is 2.03. The average molecular weight is 231 g/mol. The van der Waals surface area contributed by atoms with Crippen LogP contribution in [0.1, 0.15) is 31.7 Å². The van der Waals surface area contributed by atoms with E-state index in [-0.39, 0.29) is 17.4 Å². The van der Waals surface area contributed by atoms with E-state index in [1.807, 2.05) is 12.1 Å². The molecule has 1 fully saturated rings. The van der Waals surface area contributed by atoms with Crippen molar-refractivity contribution in [2.45, 2.75) is 31.7 Å². The first-order valence-corrected chi connectivity index (χ1v) is 5.88. The van der Waals surface area contributed by atoms with Gasteiger partial charge in [-0.2, -0.15) is 4.74 Å². The largest absolute Gasteiger partial charge is 0.375 e. The van der Waals surface area contributed by atoms with Crippen LogP contribution in [0.2, 0.25) is 0 Å². The highest BCUT2D eigenvalue weighted by atomic mass is 16.5. The second-order valence-electron chi connectivity index (χ2n) is 4.49. The zero-order chi connectivity index (χ0) is 11.8. The molecule has 1 aliphatic carbocycles. The lowest BCUT2D eigenvalue weighted by Crippen LogP contribution is -2.24. The molecule has 0 aliphatic heterocycles. The third-order valence-corrected chi connectivity index (χ3v) is 3.36. The Kier molecular flexibility index (Phi) is 2.35. The number of benzene rings is 1. The number of carbonyl (C=O) groups excluding carboxylic acids is 1. The first-order valence-electron chi connectivity index (χ1n) is 5.88. The fourth-order valence-corrected chi connectivity index (χ4v) is 2.39. The van der Waals surface area contributed by atoms with Gasteiger partial charge in [-0.1, -0.05) is 12.1 Å². The third-order valence-electron chi connectivity index (χ3n) is 3.36. The summed E-state index contributed by atoms with van der Waals surface area (Å²) in [6.07, 6.45) is 2.51. The van der Waals surface area contributed by atoms with Gasteiger partial charge < -0.3 is 4.52 Å². The van der Waals surface area contributed by atoms with Crippen LogP contribution in [0.25, 0.3) is 11.0 Å². The van der Waals surface area contributed by atoms with Crippen molar-refractivity contribution in [3.8, 4) is 0 Å². The summed E-state index contributed by atoms with van der Waals surface area (Å²) in [5.74, 6) is 0.283. The van der Waals surface area contributed by atoms with Crippen molar-refractivity contribution in [3.63, 3.8) is 0 Å². The summed E-state index contributed by atoms with van der Waals surface area (Å²) < 4.78 is 7.01. The number of para-hydroxylation sites is 1. The monoisotopic (exact) mass is 231 g/mol. The Morgan fingerprint density at radius 2 is 1.82 bits per heavy atom. The molecule has 0 N–H and O–H groups in total. The van der Waals surface area contributed by atoms with Crippen molar-refractivity contribution >= 4 is 16.8 Å². The predicted octanol–water partition coefficient (Wildman–Crippen LogP) is 2.28. The van der Waals surface area contributed by atoms with Crippen LogP contribution >= 0.6 is 0 Å². The van der Waals surface area contributed by atoms with Crippen LogP contribution in [0, 0.1) is 0 Å². The Labute approximate surface area is 97.8 Å². The molecule has 88 valence electrons. The van der Waals surface area contributed by atoms with Gasteiger partial charge in [-0.25, -0.2) is 0 Å². The van der Waals surface area contributed by atoms with Crippen LogP contribution in [0.3, 0.4) is 0 Å². The number of rotatable bonds is 1. The Morgan fingerprint density at radius 1 is 1.12 bits per heavy atom. The quantitative estimate of drug-likeness (QED) is 0.756. The summed E-state index contributed by atoms with van der Waals surface area (Å²) in [5.41, 5.74) is 0.536. The lowest BCUT2D eigenvalue weighted by atomic mass is 9.95. The molecule has 1 aromatic heterocycles. The first kappa shape index (κ1) is 10.3. The van der Waals surface area contributed by atoms with Crippen LogP contribution in [-0.4, -0.2) is 10.5 Å². The minimum atomic E-state index is -0.0834. The molecule has 0 amide bonds. The van der Waals surface area contributed by atoms with E-state index < -0.39 is 0 Å². The minimum absolute atomic E-state index is 0.0348. The topological polar surface area (TPSA) is 52.2 Å². The van der Waals surface area contributed by atoms with Crippen LogP contribution in [-0.2, 0) is 4.79 Å². The Morgan fingerprint density at radius 3 is 2.53 bits per heavy atom. The smallest absolute Gasteiger partial charge is 0.290 e. The molecule has 17 heavy (non-hydrogen) atoms. The number of Topliss-reactive ketones (excluding diaryl/α,β-unsaturated/α-hetero) is 1. The summed E-state index contributed by atoms with van der Waals surface area (Å²) in [6.45, 7) is 0. The third kappa shape index (κ3) is 1.69. The molecule has 4 nitrogen and oxygen atoms in total. The maximum Gasteiger partial charge on any atom is 0.290 e. The lowest BCUT2D eigenvalue weighted by molar-refractivity contribution is -0.121. The van der Waals surface area contributed by atoms with Gasteiger partial charge >= 0.3 is 0 Å². The van der Waals surface area contributed by atoms with E-state index in [0.717, 1.165) is 0 Å². The van der Waals surface area contributed by atoms with Crippen molar-refractivity contribution < 1.29 is 9.32 Å². The van der Waals surface area contributed by atoms with Crippen LogP contribution < -0.4 is 5.56 Å². The van der Waals surface area contributed by atoms with E-state index in [9.17, 15) is 9.59 Å². The molecule has 0 bridgehead atoms. The van der Waals surface area contributed by atoms with Crippen molar-refractivity contribution in [1.29, 1.82) is 0 Å². The minimum Gasteiger partial charge on any atom is -0.375 e. The van der Waals surface area contributed by atoms with Crippen molar-refractivity contribution in [2.75, 3.05) is 0 Å². The maximum atomic E-state index is 12.1. The molecule has 0 radical (unpaired) electrons. The van der Waals surface area contributed by atoms with E-state index in [4.69, 9.17) is 4.52 Å². The van der Waals surface area contributed by atoms with Gasteiger partial charge in [-0.05, 0) is 25.0 Å². The average Bonchev–Trinajstić information content (AvgIpc) is 2.69. The highest BCUT2D eigenvalue weighted by Crippen LogP contribution is 2.26. The first-order chi connectivity index (χ1) is 8.25. The maximum absolute atomic E-state index is 12.1. The van der Waals surface area contributed by atoms with Crippen LogP contribution in [0.5, 0.6) is 0 Å². The number of fused-ring (bicyclic) bond motifs is 1. The number of hydrogen-bond acceptors (Lipinski definition) is 3. The van der Waals surface area contributed by atoms with Crippen molar-refractivity contribution in [3.05, 3.63) is 34.6 Å². The molecular formula is C13H13NO3. The number of carbonyl (C=O) groups is 1. The summed E-state index contributed by atoms with van der Waals surface area (Å²) in [4.78, 5) is 23.3. The molecule has 4 heteroatoms. The van der Waals surface area contributed by atoms with Gasteiger partial charge in [0.25, 0.3) is 5.56 Å². The molecule has 1 saturated carbocycles. The summed E-state index contributed by atoms with van der Waals surface area (Å²) in [7, 11) is 0. The number of hydrogen-bond donors (Lipinski definition) is 0. The van der Waals surface area contributed by atoms with Gasteiger partial charge in [-0.15, -0.1) is 0 Å². The molecule has 2 aromatic rings. The molecule has 0 unspecified atom stereocenters. The van der Waals surface area contributed by atoms with Gasteiger partial charge in [0.1, 0.15) is 5.78 Å². The Bertz CT molecular complexity index is 613. The molecule has 3 rings (SSSR count). The molecule has 1 aromatic carbocycles. The number of ketones is 1. The van der Waals surface area contributed by atoms with E-state index in [2.05, 4.69) is 0 Å². The van der Waals surface area contributed by atoms with Crippen molar-refractivity contribution in [2.24, 2.45) is 0 Å². The lowest BCUT2D eigenvalue weighted by Gasteiger charge is -2.19. The van der Waals surface area contributed by atoms with Gasteiger partial charge in [0, 0.05) is 12.8 Å². The van der Waals surface area contributed by atoms with Gasteiger partial charge in [0.15, 0.2) is 5.58 Å². The fraction of sp³-hybridized carbons (Fsp3) is 0.385. The van der Waals surface area contributed by atoms with Crippen molar-refractivity contribution in [1.82, 2.24) is 4.74 Å². The highest BCUT2D eigenvalue weighted by Gasteiger charge is 2.24. The summed E-state index contributed by atoms with van der Waals surface area (Å²) in [6, 6.07) is 7.27. The molecular weight excluding hydrogens is 218 g/mol. The van der Waals surface area contributed by atoms with E-state index in [0.29, 0.717) is 36.7 Å². The normalized spacial score (nSPS) is 17.8.